The van der Waals surface area contributed by atoms with E-state index in [0.717, 1.165) is 24.2 Å². The summed E-state index contributed by atoms with van der Waals surface area (Å²) >= 11 is 0. The van der Waals surface area contributed by atoms with E-state index in [1.54, 1.807) is 12.1 Å². The Morgan fingerprint density at radius 2 is 2.31 bits per heavy atom. The van der Waals surface area contributed by atoms with E-state index < -0.39 is 0 Å². The first-order valence-corrected chi connectivity index (χ1v) is 4.17. The monoisotopic (exact) mass is 178 g/mol. The predicted octanol–water partition coefficient (Wildman–Crippen LogP) is 1.59. The minimum Gasteiger partial charge on any atom is -0.368 e. The number of anilines is 1. The van der Waals surface area contributed by atoms with Crippen LogP contribution < -0.4 is 4.90 Å². The first kappa shape index (κ1) is 8.04. The number of benzene rings is 1. The Morgan fingerprint density at radius 3 is 3.00 bits per heavy atom. The first-order chi connectivity index (χ1) is 6.20. The molecule has 4 nitrogen and oxygen atoms in total. The zero-order valence-electron chi connectivity index (χ0n) is 7.36. The maximum Gasteiger partial charge on any atom is 0.292 e. The topological polar surface area (TPSA) is 46.4 Å². The first-order valence-electron chi connectivity index (χ1n) is 4.17. The molecule has 1 heterocycles. The van der Waals surface area contributed by atoms with E-state index in [2.05, 4.69) is 0 Å². The summed E-state index contributed by atoms with van der Waals surface area (Å²) in [6.07, 6.45) is 0.910. The van der Waals surface area contributed by atoms with Crippen LogP contribution in [0.1, 0.15) is 5.56 Å². The van der Waals surface area contributed by atoms with Crippen molar-refractivity contribution in [1.82, 2.24) is 0 Å². The standard InChI is InChI=1S/C9H10N2O2/c1-10-6-5-7-3-2-4-8(9(7)10)11(12)13/h2-4H,5-6H2,1H3. The second kappa shape index (κ2) is 2.73. The van der Waals surface area contributed by atoms with E-state index >= 15 is 0 Å². The number of hydrogen-bond donors (Lipinski definition) is 0. The average Bonchev–Trinajstić information content (AvgIpc) is 2.48. The van der Waals surface area contributed by atoms with E-state index in [4.69, 9.17) is 0 Å². The Bertz CT molecular complexity index is 363. The molecule has 0 radical (unpaired) electrons. The van der Waals surface area contributed by atoms with Gasteiger partial charge in [0, 0.05) is 19.7 Å². The highest BCUT2D eigenvalue weighted by Gasteiger charge is 2.24. The molecule has 1 aliphatic heterocycles. The third kappa shape index (κ3) is 1.14. The van der Waals surface area contributed by atoms with Crippen molar-refractivity contribution >= 4 is 11.4 Å². The fourth-order valence-corrected chi connectivity index (χ4v) is 1.77. The van der Waals surface area contributed by atoms with E-state index in [0.29, 0.717) is 0 Å². The van der Waals surface area contributed by atoms with Crippen molar-refractivity contribution < 1.29 is 4.92 Å². The molecule has 68 valence electrons. The lowest BCUT2D eigenvalue weighted by molar-refractivity contribution is -0.384. The highest BCUT2D eigenvalue weighted by Crippen LogP contribution is 2.35. The predicted molar refractivity (Wildman–Crippen MR) is 50.1 cm³/mol. The molecule has 0 atom stereocenters. The fraction of sp³-hybridized carbons (Fsp3) is 0.333. The minimum atomic E-state index is -0.319. The number of nitrogens with zero attached hydrogens (tertiary/aromatic N) is 2. The van der Waals surface area contributed by atoms with Crippen LogP contribution in [0.25, 0.3) is 0 Å². The third-order valence-corrected chi connectivity index (χ3v) is 2.39. The molecule has 0 aliphatic carbocycles. The van der Waals surface area contributed by atoms with Gasteiger partial charge in [0.1, 0.15) is 5.69 Å². The van der Waals surface area contributed by atoms with Crippen LogP contribution in [0.3, 0.4) is 0 Å². The quantitative estimate of drug-likeness (QED) is 0.484. The summed E-state index contributed by atoms with van der Waals surface area (Å²) in [4.78, 5) is 12.3. The molecule has 13 heavy (non-hydrogen) atoms. The van der Waals surface area contributed by atoms with E-state index in [9.17, 15) is 10.1 Å². The van der Waals surface area contributed by atoms with Gasteiger partial charge >= 0.3 is 0 Å². The number of rotatable bonds is 1. The second-order valence-electron chi connectivity index (χ2n) is 3.21. The summed E-state index contributed by atoms with van der Waals surface area (Å²) in [5.41, 5.74) is 2.08. The minimum absolute atomic E-state index is 0.220. The van der Waals surface area contributed by atoms with Gasteiger partial charge in [-0.25, -0.2) is 0 Å². The summed E-state index contributed by atoms with van der Waals surface area (Å²) in [5.74, 6) is 0. The molecule has 0 spiro atoms. The van der Waals surface area contributed by atoms with Crippen LogP contribution in [0.5, 0.6) is 0 Å². The van der Waals surface area contributed by atoms with Crippen molar-refractivity contribution in [2.45, 2.75) is 6.42 Å². The molecular formula is C9H10N2O2. The van der Waals surface area contributed by atoms with Crippen molar-refractivity contribution in [2.24, 2.45) is 0 Å². The molecule has 2 rings (SSSR count). The lowest BCUT2D eigenvalue weighted by atomic mass is 10.1. The molecular weight excluding hydrogens is 168 g/mol. The van der Waals surface area contributed by atoms with Crippen LogP contribution in [-0.4, -0.2) is 18.5 Å². The molecule has 0 amide bonds. The Balaban J connectivity index is 2.60. The number of para-hydroxylation sites is 1. The molecule has 0 N–H and O–H groups in total. The van der Waals surface area contributed by atoms with Crippen molar-refractivity contribution in [3.8, 4) is 0 Å². The smallest absolute Gasteiger partial charge is 0.292 e. The lowest BCUT2D eigenvalue weighted by Crippen LogP contribution is -2.13. The van der Waals surface area contributed by atoms with Crippen molar-refractivity contribution in [3.05, 3.63) is 33.9 Å². The van der Waals surface area contributed by atoms with Gasteiger partial charge in [0.05, 0.1) is 4.92 Å². The number of fused-ring (bicyclic) bond motifs is 1. The largest absolute Gasteiger partial charge is 0.368 e. The zero-order valence-corrected chi connectivity index (χ0v) is 7.36. The van der Waals surface area contributed by atoms with Gasteiger partial charge in [0.2, 0.25) is 0 Å². The summed E-state index contributed by atoms with van der Waals surface area (Å²) < 4.78 is 0. The van der Waals surface area contributed by atoms with Gasteiger partial charge in [-0.2, -0.15) is 0 Å². The fourth-order valence-electron chi connectivity index (χ4n) is 1.77. The van der Waals surface area contributed by atoms with Gasteiger partial charge in [-0.1, -0.05) is 12.1 Å². The molecule has 0 fully saturated rings. The summed E-state index contributed by atoms with van der Waals surface area (Å²) in [6, 6.07) is 5.25. The van der Waals surface area contributed by atoms with Crippen molar-refractivity contribution in [2.75, 3.05) is 18.5 Å². The van der Waals surface area contributed by atoms with Crippen LogP contribution in [0.2, 0.25) is 0 Å². The summed E-state index contributed by atoms with van der Waals surface area (Å²) in [6.45, 7) is 0.875. The number of nitro groups is 1. The van der Waals surface area contributed by atoms with Gasteiger partial charge in [-0.15, -0.1) is 0 Å². The van der Waals surface area contributed by atoms with Crippen LogP contribution in [0.4, 0.5) is 11.4 Å². The summed E-state index contributed by atoms with van der Waals surface area (Å²) in [7, 11) is 1.89. The highest BCUT2D eigenvalue weighted by atomic mass is 16.6. The summed E-state index contributed by atoms with van der Waals surface area (Å²) in [5, 5.41) is 10.7. The van der Waals surface area contributed by atoms with E-state index in [-0.39, 0.29) is 10.6 Å². The molecule has 0 unspecified atom stereocenters. The zero-order chi connectivity index (χ0) is 9.42. The second-order valence-corrected chi connectivity index (χ2v) is 3.21. The van der Waals surface area contributed by atoms with Crippen molar-refractivity contribution in [3.63, 3.8) is 0 Å². The molecule has 1 aliphatic rings. The van der Waals surface area contributed by atoms with Crippen molar-refractivity contribution in [1.29, 1.82) is 0 Å². The average molecular weight is 178 g/mol. The van der Waals surface area contributed by atoms with Gasteiger partial charge in [0.25, 0.3) is 5.69 Å². The molecule has 1 aromatic rings. The van der Waals surface area contributed by atoms with Crippen LogP contribution in [0, 0.1) is 10.1 Å². The maximum absolute atomic E-state index is 10.7. The maximum atomic E-state index is 10.7. The molecule has 0 aromatic heterocycles. The Hall–Kier alpha value is -1.58. The third-order valence-electron chi connectivity index (χ3n) is 2.39. The van der Waals surface area contributed by atoms with Gasteiger partial charge < -0.3 is 4.90 Å². The lowest BCUT2D eigenvalue weighted by Gasteiger charge is -2.11. The normalized spacial score (nSPS) is 14.4. The van der Waals surface area contributed by atoms with E-state index in [1.807, 2.05) is 18.0 Å². The molecule has 0 saturated heterocycles. The number of likely N-dealkylation sites (N-methyl/N-ethyl adjacent to an activating group) is 1. The molecule has 0 saturated carbocycles. The Morgan fingerprint density at radius 1 is 1.54 bits per heavy atom. The van der Waals surface area contributed by atoms with Crippen LogP contribution in [0.15, 0.2) is 18.2 Å². The molecule has 0 bridgehead atoms. The number of hydrogen-bond acceptors (Lipinski definition) is 3. The van der Waals surface area contributed by atoms with Gasteiger partial charge in [0.15, 0.2) is 0 Å². The Labute approximate surface area is 75.9 Å². The van der Waals surface area contributed by atoms with Crippen LogP contribution >= 0.6 is 0 Å². The van der Waals surface area contributed by atoms with Gasteiger partial charge in [-0.3, -0.25) is 10.1 Å². The molecule has 4 heteroatoms. The van der Waals surface area contributed by atoms with Crippen LogP contribution in [-0.2, 0) is 6.42 Å². The molecule has 1 aromatic carbocycles. The SMILES string of the molecule is CN1CCc2cccc([N+](=O)[O-])c21. The van der Waals surface area contributed by atoms with Gasteiger partial charge in [-0.05, 0) is 12.0 Å². The number of nitro benzene ring substituents is 1. The Kier molecular flexibility index (Phi) is 1.69. The van der Waals surface area contributed by atoms with E-state index in [1.165, 1.54) is 0 Å². The highest BCUT2D eigenvalue weighted by molar-refractivity contribution is 5.70.